The van der Waals surface area contributed by atoms with Gasteiger partial charge in [0.05, 0.1) is 18.4 Å². The molecule has 2 aromatic rings. The van der Waals surface area contributed by atoms with Crippen LogP contribution in [-0.4, -0.2) is 39.3 Å². The molecule has 1 aliphatic heterocycles. The van der Waals surface area contributed by atoms with Crippen LogP contribution in [0.2, 0.25) is 0 Å². The summed E-state index contributed by atoms with van der Waals surface area (Å²) in [6, 6.07) is 1.71. The lowest BCUT2D eigenvalue weighted by atomic mass is 9.83. The summed E-state index contributed by atoms with van der Waals surface area (Å²) in [5.41, 5.74) is 0.598. The summed E-state index contributed by atoms with van der Waals surface area (Å²) in [6.07, 6.45) is 1.50. The number of hydrogen-bond acceptors (Lipinski definition) is 7. The summed E-state index contributed by atoms with van der Waals surface area (Å²) >= 11 is 0. The number of hydrazine groups is 1. The van der Waals surface area contributed by atoms with Crippen molar-refractivity contribution in [1.29, 1.82) is 0 Å². The van der Waals surface area contributed by atoms with Crippen molar-refractivity contribution in [3.63, 3.8) is 0 Å². The van der Waals surface area contributed by atoms with Gasteiger partial charge >= 0.3 is 5.97 Å². The summed E-state index contributed by atoms with van der Waals surface area (Å²) in [4.78, 5) is 19.6. The first-order valence-electron chi connectivity index (χ1n) is 8.82. The lowest BCUT2D eigenvalue weighted by Gasteiger charge is -2.33. The first-order valence-corrected chi connectivity index (χ1v) is 8.82. The number of carbonyl (C=O) groups is 1. The quantitative estimate of drug-likeness (QED) is 0.381. The molecule has 0 bridgehead atoms. The molecule has 0 saturated carbocycles. The highest BCUT2D eigenvalue weighted by atomic mass is 16.6. The Morgan fingerprint density at radius 1 is 1.59 bits per heavy atom. The van der Waals surface area contributed by atoms with E-state index in [9.17, 15) is 4.79 Å². The second-order valence-electron chi connectivity index (χ2n) is 7.05. The molecule has 4 atom stereocenters. The number of esters is 1. The van der Waals surface area contributed by atoms with Gasteiger partial charge in [0.2, 0.25) is 5.69 Å². The van der Waals surface area contributed by atoms with Crippen LogP contribution in [0, 0.1) is 12.5 Å². The van der Waals surface area contributed by atoms with Gasteiger partial charge in [-0.05, 0) is 19.4 Å². The first kappa shape index (κ1) is 19.1. The van der Waals surface area contributed by atoms with Crippen molar-refractivity contribution in [1.82, 2.24) is 14.6 Å². The molecule has 1 aliphatic rings. The monoisotopic (exact) mass is 372 g/mol. The number of hydrogen-bond donors (Lipinski definition) is 1. The number of carbonyl (C=O) groups excluding carboxylic acids is 1. The lowest BCUT2D eigenvalue weighted by Crippen LogP contribution is -2.41. The number of rotatable bonds is 4. The first-order chi connectivity index (χ1) is 12.7. The van der Waals surface area contributed by atoms with E-state index in [1.807, 2.05) is 20.8 Å². The van der Waals surface area contributed by atoms with E-state index in [1.54, 1.807) is 17.6 Å². The van der Waals surface area contributed by atoms with Gasteiger partial charge < -0.3 is 9.47 Å². The van der Waals surface area contributed by atoms with Crippen molar-refractivity contribution in [2.24, 2.45) is 11.8 Å². The molecule has 0 aliphatic carbocycles. The Kier molecular flexibility index (Phi) is 4.80. The van der Waals surface area contributed by atoms with E-state index in [0.717, 1.165) is 6.42 Å². The van der Waals surface area contributed by atoms with E-state index in [1.165, 1.54) is 18.3 Å². The van der Waals surface area contributed by atoms with Crippen LogP contribution in [0.5, 0.6) is 0 Å². The summed E-state index contributed by atoms with van der Waals surface area (Å²) < 4.78 is 13.6. The highest BCUT2D eigenvalue weighted by molar-refractivity contribution is 5.85. The van der Waals surface area contributed by atoms with Crippen molar-refractivity contribution in [2.75, 3.05) is 12.1 Å². The van der Waals surface area contributed by atoms with Crippen molar-refractivity contribution < 1.29 is 14.3 Å². The summed E-state index contributed by atoms with van der Waals surface area (Å²) in [5.74, 6) is 5.90. The van der Waals surface area contributed by atoms with Gasteiger partial charge in [0.15, 0.2) is 5.82 Å². The molecule has 27 heavy (non-hydrogen) atoms. The van der Waals surface area contributed by atoms with E-state index in [0.29, 0.717) is 22.7 Å². The van der Waals surface area contributed by atoms with Gasteiger partial charge in [-0.25, -0.2) is 20.2 Å². The summed E-state index contributed by atoms with van der Waals surface area (Å²) in [7, 11) is 1.65. The molecule has 0 unspecified atom stereocenters. The maximum atomic E-state index is 11.8. The number of aromatic nitrogens is 3. The smallest absolute Gasteiger partial charge is 0.303 e. The second-order valence-corrected chi connectivity index (χ2v) is 7.05. The van der Waals surface area contributed by atoms with Gasteiger partial charge in [0.25, 0.3) is 0 Å². The molecule has 2 aromatic heterocycles. The van der Waals surface area contributed by atoms with E-state index in [2.05, 4.69) is 14.9 Å². The number of ether oxygens (including phenoxy) is 2. The van der Waals surface area contributed by atoms with E-state index < -0.39 is 11.7 Å². The molecule has 0 radical (unpaired) electrons. The van der Waals surface area contributed by atoms with Crippen LogP contribution in [0.1, 0.15) is 45.9 Å². The van der Waals surface area contributed by atoms with Crippen LogP contribution in [0.15, 0.2) is 12.4 Å². The molecule has 9 nitrogen and oxygen atoms in total. The topological polar surface area (TPSA) is 99.3 Å². The van der Waals surface area contributed by atoms with Crippen LogP contribution in [0.4, 0.5) is 11.5 Å². The molecule has 3 rings (SSSR count). The predicted octanol–water partition coefficient (Wildman–Crippen LogP) is 2.40. The van der Waals surface area contributed by atoms with Crippen LogP contribution in [-0.2, 0) is 14.3 Å². The third-order valence-electron chi connectivity index (χ3n) is 5.32. The second kappa shape index (κ2) is 6.79. The third-order valence-corrected chi connectivity index (χ3v) is 5.32. The van der Waals surface area contributed by atoms with E-state index in [4.69, 9.17) is 21.9 Å². The zero-order chi connectivity index (χ0) is 19.9. The Balaban J connectivity index is 2.23. The van der Waals surface area contributed by atoms with Crippen molar-refractivity contribution in [2.45, 2.75) is 51.9 Å². The van der Waals surface area contributed by atoms with Gasteiger partial charge in [-0.2, -0.15) is 5.10 Å². The molecule has 0 aromatic carbocycles. The Hall–Kier alpha value is -2.70. The Morgan fingerprint density at radius 3 is 2.85 bits per heavy atom. The number of fused-ring (bicyclic) bond motifs is 1. The molecular weight excluding hydrogens is 348 g/mol. The molecule has 144 valence electrons. The van der Waals surface area contributed by atoms with Crippen LogP contribution in [0.25, 0.3) is 10.4 Å². The van der Waals surface area contributed by atoms with E-state index in [-0.39, 0.29) is 18.0 Å². The molecule has 0 amide bonds. The Bertz CT molecular complexity index is 918. The highest BCUT2D eigenvalue weighted by Gasteiger charge is 2.55. The minimum atomic E-state index is -0.889. The van der Waals surface area contributed by atoms with Gasteiger partial charge in [-0.3, -0.25) is 9.80 Å². The third kappa shape index (κ3) is 2.91. The lowest BCUT2D eigenvalue weighted by molar-refractivity contribution is -0.165. The minimum absolute atomic E-state index is 0.0307. The normalized spacial score (nSPS) is 27.5. The zero-order valence-corrected chi connectivity index (χ0v) is 16.1. The number of nitrogens with two attached hydrogens (primary N) is 1. The van der Waals surface area contributed by atoms with Gasteiger partial charge in [-0.15, -0.1) is 0 Å². The van der Waals surface area contributed by atoms with Crippen LogP contribution >= 0.6 is 0 Å². The molecule has 3 heterocycles. The van der Waals surface area contributed by atoms with Gasteiger partial charge in [0, 0.05) is 19.9 Å². The molecule has 1 fully saturated rings. The molecule has 2 N–H and O–H groups in total. The Labute approximate surface area is 157 Å². The SMILES string of the molecule is [C-]#[N+]c1cc([C@@H]2O[C@H](CC)[C@@H](C)[C@@]2(C)OC(C)=O)n2ncnc(N(C)N)c12. The standard InChI is InChI=1S/C18H24N6O3/c1-7-14-10(2)18(4,27-11(3)25)16(26-14)13-8-12(20-5)15-17(23(6)19)21-9-22-24(13)15/h8-10,14,16H,7,19H2,1-4,6H3/t10-,14-,16+,18-/m1/s1. The van der Waals surface area contributed by atoms with Gasteiger partial charge in [-0.1, -0.05) is 13.8 Å². The zero-order valence-electron chi connectivity index (χ0n) is 16.1. The average molecular weight is 372 g/mol. The Morgan fingerprint density at radius 2 is 2.30 bits per heavy atom. The maximum absolute atomic E-state index is 11.8. The maximum Gasteiger partial charge on any atom is 0.303 e. The number of nitrogens with zero attached hydrogens (tertiary/aromatic N) is 5. The molecule has 0 spiro atoms. The van der Waals surface area contributed by atoms with Gasteiger partial charge in [0.1, 0.15) is 23.5 Å². The minimum Gasteiger partial charge on any atom is -0.456 e. The summed E-state index contributed by atoms with van der Waals surface area (Å²) in [6.45, 7) is 14.8. The molecule has 1 saturated heterocycles. The highest BCUT2D eigenvalue weighted by Crippen LogP contribution is 2.50. The van der Waals surface area contributed by atoms with E-state index >= 15 is 0 Å². The fourth-order valence-electron chi connectivity index (χ4n) is 3.87. The number of anilines is 1. The largest absolute Gasteiger partial charge is 0.456 e. The fraction of sp³-hybridized carbons (Fsp3) is 0.556. The van der Waals surface area contributed by atoms with Crippen molar-refractivity contribution >= 4 is 23.0 Å². The molecule has 9 heteroatoms. The average Bonchev–Trinajstić information content (AvgIpc) is 3.10. The van der Waals surface area contributed by atoms with Crippen LogP contribution in [0.3, 0.4) is 0 Å². The fourth-order valence-corrected chi connectivity index (χ4v) is 3.87. The molecular formula is C18H24N6O3. The summed E-state index contributed by atoms with van der Waals surface area (Å²) in [5, 5.41) is 5.66. The predicted molar refractivity (Wildman–Crippen MR) is 99.1 cm³/mol. The van der Waals surface area contributed by atoms with Crippen LogP contribution < -0.4 is 10.9 Å². The van der Waals surface area contributed by atoms with Crippen molar-refractivity contribution in [3.05, 3.63) is 29.5 Å². The van der Waals surface area contributed by atoms with Crippen molar-refractivity contribution in [3.8, 4) is 0 Å².